The molecule has 1 N–H and O–H groups in total. The lowest BCUT2D eigenvalue weighted by Crippen LogP contribution is -2.30. The Morgan fingerprint density at radius 3 is 2.54 bits per heavy atom. The number of benzene rings is 2. The van der Waals surface area contributed by atoms with Gasteiger partial charge in [-0.15, -0.1) is 0 Å². The number of hydrogen-bond acceptors (Lipinski definition) is 3. The van der Waals surface area contributed by atoms with E-state index >= 15 is 0 Å². The largest absolute Gasteiger partial charge is 0.480 e. The number of rotatable bonds is 6. The van der Waals surface area contributed by atoms with E-state index in [-0.39, 0.29) is 5.91 Å². The van der Waals surface area contributed by atoms with Gasteiger partial charge in [0.25, 0.3) is 5.91 Å². The second kappa shape index (κ2) is 8.16. The van der Waals surface area contributed by atoms with Gasteiger partial charge < -0.3 is 10.1 Å². The molecule has 24 heavy (non-hydrogen) atoms. The molecular formula is C20H22N2O2. The molecule has 0 radical (unpaired) electrons. The average Bonchev–Trinajstić information content (AvgIpc) is 2.61. The number of para-hydroxylation sites is 2. The van der Waals surface area contributed by atoms with Crippen molar-refractivity contribution < 1.29 is 9.53 Å². The van der Waals surface area contributed by atoms with Gasteiger partial charge in [-0.2, -0.15) is 5.26 Å². The summed E-state index contributed by atoms with van der Waals surface area (Å²) in [6, 6.07) is 16.8. The van der Waals surface area contributed by atoms with E-state index in [1.54, 1.807) is 31.2 Å². The van der Waals surface area contributed by atoms with Crippen LogP contribution in [0.2, 0.25) is 0 Å². The highest BCUT2D eigenvalue weighted by molar-refractivity contribution is 5.94. The van der Waals surface area contributed by atoms with Crippen molar-refractivity contribution in [2.24, 2.45) is 0 Å². The fourth-order valence-corrected chi connectivity index (χ4v) is 2.40. The second-order valence-electron chi connectivity index (χ2n) is 5.75. The molecule has 0 fully saturated rings. The first-order valence-electron chi connectivity index (χ1n) is 8.12. The van der Waals surface area contributed by atoms with E-state index in [0.717, 1.165) is 17.7 Å². The molecule has 0 saturated carbocycles. The van der Waals surface area contributed by atoms with Crippen molar-refractivity contribution in [2.45, 2.75) is 39.2 Å². The summed E-state index contributed by atoms with van der Waals surface area (Å²) in [7, 11) is 0. The van der Waals surface area contributed by atoms with Gasteiger partial charge in [0.1, 0.15) is 11.8 Å². The second-order valence-corrected chi connectivity index (χ2v) is 5.75. The van der Waals surface area contributed by atoms with Crippen LogP contribution in [0.4, 0.5) is 5.69 Å². The molecular weight excluding hydrogens is 300 g/mol. The molecule has 124 valence electrons. The van der Waals surface area contributed by atoms with Gasteiger partial charge in [0.05, 0.1) is 5.56 Å². The standard InChI is InChI=1S/C20H22N2O2/c1-4-14(2)17-10-6-7-11-18(17)22-20(23)15(3)24-19-12-8-5-9-16(19)13-21/h5-12,14-15H,4H2,1-3H3,(H,22,23)/t14-,15-/m1/s1. The highest BCUT2D eigenvalue weighted by Gasteiger charge is 2.18. The molecule has 0 aromatic heterocycles. The smallest absolute Gasteiger partial charge is 0.265 e. The van der Waals surface area contributed by atoms with E-state index in [1.165, 1.54) is 0 Å². The number of anilines is 1. The minimum Gasteiger partial charge on any atom is -0.480 e. The van der Waals surface area contributed by atoms with Crippen molar-refractivity contribution in [3.05, 3.63) is 59.7 Å². The van der Waals surface area contributed by atoms with Crippen LogP contribution in [0, 0.1) is 11.3 Å². The summed E-state index contributed by atoms with van der Waals surface area (Å²) in [5.41, 5.74) is 2.33. The van der Waals surface area contributed by atoms with E-state index in [4.69, 9.17) is 10.00 Å². The molecule has 0 aliphatic carbocycles. The number of carbonyl (C=O) groups excluding carboxylic acids is 1. The Balaban J connectivity index is 2.12. The minimum atomic E-state index is -0.704. The van der Waals surface area contributed by atoms with Crippen molar-refractivity contribution in [1.29, 1.82) is 5.26 Å². The Morgan fingerprint density at radius 2 is 1.83 bits per heavy atom. The minimum absolute atomic E-state index is 0.238. The highest BCUT2D eigenvalue weighted by atomic mass is 16.5. The lowest BCUT2D eigenvalue weighted by molar-refractivity contribution is -0.122. The molecule has 0 aliphatic rings. The number of nitrogens with zero attached hydrogens (tertiary/aromatic N) is 1. The third-order valence-corrected chi connectivity index (χ3v) is 4.04. The summed E-state index contributed by atoms with van der Waals surface area (Å²) in [4.78, 5) is 12.5. The van der Waals surface area contributed by atoms with Crippen LogP contribution >= 0.6 is 0 Å². The van der Waals surface area contributed by atoms with Gasteiger partial charge in [-0.1, -0.05) is 44.2 Å². The van der Waals surface area contributed by atoms with E-state index in [0.29, 0.717) is 17.2 Å². The molecule has 0 bridgehead atoms. The topological polar surface area (TPSA) is 62.1 Å². The number of nitrogens with one attached hydrogen (secondary N) is 1. The Hall–Kier alpha value is -2.80. The summed E-state index contributed by atoms with van der Waals surface area (Å²) in [5, 5.41) is 12.0. The first-order valence-corrected chi connectivity index (χ1v) is 8.12. The monoisotopic (exact) mass is 322 g/mol. The molecule has 0 heterocycles. The van der Waals surface area contributed by atoms with Gasteiger partial charge in [-0.3, -0.25) is 4.79 Å². The van der Waals surface area contributed by atoms with Crippen LogP contribution < -0.4 is 10.1 Å². The van der Waals surface area contributed by atoms with Gasteiger partial charge >= 0.3 is 0 Å². The summed E-state index contributed by atoms with van der Waals surface area (Å²) in [6.07, 6.45) is 0.290. The Morgan fingerprint density at radius 1 is 1.17 bits per heavy atom. The molecule has 2 rings (SSSR count). The zero-order valence-electron chi connectivity index (χ0n) is 14.2. The first kappa shape index (κ1) is 17.6. The van der Waals surface area contributed by atoms with Crippen LogP contribution in [-0.2, 0) is 4.79 Å². The molecule has 0 unspecified atom stereocenters. The summed E-state index contributed by atoms with van der Waals surface area (Å²) < 4.78 is 5.66. The van der Waals surface area contributed by atoms with Gasteiger partial charge in [-0.25, -0.2) is 0 Å². The number of nitriles is 1. The highest BCUT2D eigenvalue weighted by Crippen LogP contribution is 2.27. The first-order chi connectivity index (χ1) is 11.6. The normalized spacial score (nSPS) is 12.8. The molecule has 2 atom stereocenters. The zero-order chi connectivity index (χ0) is 17.5. The molecule has 0 spiro atoms. The number of amides is 1. The fraction of sp³-hybridized carbons (Fsp3) is 0.300. The van der Waals surface area contributed by atoms with E-state index < -0.39 is 6.10 Å². The van der Waals surface area contributed by atoms with E-state index in [9.17, 15) is 4.79 Å². The predicted octanol–water partition coefficient (Wildman–Crippen LogP) is 4.48. The average molecular weight is 322 g/mol. The van der Waals surface area contributed by atoms with Crippen molar-refractivity contribution in [1.82, 2.24) is 0 Å². The summed E-state index contributed by atoms with van der Waals surface area (Å²) in [6.45, 7) is 5.93. The van der Waals surface area contributed by atoms with Crippen molar-refractivity contribution in [3.8, 4) is 11.8 Å². The SMILES string of the molecule is CC[C@@H](C)c1ccccc1NC(=O)[C@@H](C)Oc1ccccc1C#N. The molecule has 4 heteroatoms. The maximum atomic E-state index is 12.5. The fourth-order valence-electron chi connectivity index (χ4n) is 2.40. The van der Waals surface area contributed by atoms with Crippen LogP contribution in [0.15, 0.2) is 48.5 Å². The lowest BCUT2D eigenvalue weighted by Gasteiger charge is -2.19. The third kappa shape index (κ3) is 4.14. The Labute approximate surface area is 143 Å². The predicted molar refractivity (Wildman–Crippen MR) is 95.0 cm³/mol. The van der Waals surface area contributed by atoms with Crippen molar-refractivity contribution >= 4 is 11.6 Å². The van der Waals surface area contributed by atoms with Crippen LogP contribution in [0.5, 0.6) is 5.75 Å². The van der Waals surface area contributed by atoms with Crippen LogP contribution in [0.1, 0.15) is 44.2 Å². The maximum absolute atomic E-state index is 12.5. The molecule has 2 aromatic rings. The molecule has 0 aliphatic heterocycles. The Kier molecular flexibility index (Phi) is 5.97. The molecule has 2 aromatic carbocycles. The zero-order valence-corrected chi connectivity index (χ0v) is 14.2. The van der Waals surface area contributed by atoms with Crippen LogP contribution in [-0.4, -0.2) is 12.0 Å². The van der Waals surface area contributed by atoms with Gasteiger partial charge in [0, 0.05) is 5.69 Å². The van der Waals surface area contributed by atoms with Crippen LogP contribution in [0.3, 0.4) is 0 Å². The van der Waals surface area contributed by atoms with Gasteiger partial charge in [-0.05, 0) is 43.0 Å². The third-order valence-electron chi connectivity index (χ3n) is 4.04. The van der Waals surface area contributed by atoms with E-state index in [1.807, 2.05) is 24.3 Å². The quantitative estimate of drug-likeness (QED) is 0.853. The van der Waals surface area contributed by atoms with Gasteiger partial charge in [0.15, 0.2) is 6.10 Å². The van der Waals surface area contributed by atoms with Gasteiger partial charge in [0.2, 0.25) is 0 Å². The molecule has 1 amide bonds. The van der Waals surface area contributed by atoms with Crippen molar-refractivity contribution in [2.75, 3.05) is 5.32 Å². The molecule has 0 saturated heterocycles. The summed E-state index contributed by atoms with van der Waals surface area (Å²) >= 11 is 0. The van der Waals surface area contributed by atoms with E-state index in [2.05, 4.69) is 25.2 Å². The number of ether oxygens (including phenoxy) is 1. The molecule has 4 nitrogen and oxygen atoms in total. The lowest BCUT2D eigenvalue weighted by atomic mass is 9.97. The van der Waals surface area contributed by atoms with Crippen LogP contribution in [0.25, 0.3) is 0 Å². The number of carbonyl (C=O) groups is 1. The van der Waals surface area contributed by atoms with Crippen molar-refractivity contribution in [3.63, 3.8) is 0 Å². The maximum Gasteiger partial charge on any atom is 0.265 e. The summed E-state index contributed by atoms with van der Waals surface area (Å²) in [5.74, 6) is 0.536. The number of hydrogen-bond donors (Lipinski definition) is 1. The Bertz CT molecular complexity index is 749.